The summed E-state index contributed by atoms with van der Waals surface area (Å²) in [6, 6.07) is 18.2. The Labute approximate surface area is 267 Å². The van der Waals surface area contributed by atoms with E-state index in [1.54, 1.807) is 35.9 Å². The molecule has 1 saturated heterocycles. The van der Waals surface area contributed by atoms with Crippen LogP contribution in [0.3, 0.4) is 0 Å². The van der Waals surface area contributed by atoms with Crippen LogP contribution >= 0.6 is 0 Å². The smallest absolute Gasteiger partial charge is 0.339 e. The van der Waals surface area contributed by atoms with E-state index in [-0.39, 0.29) is 31.0 Å². The third-order valence-electron chi connectivity index (χ3n) is 8.49. The van der Waals surface area contributed by atoms with Crippen LogP contribution in [0.1, 0.15) is 58.4 Å². The van der Waals surface area contributed by atoms with Gasteiger partial charge in [0.05, 0.1) is 29.6 Å². The van der Waals surface area contributed by atoms with Gasteiger partial charge in [0.25, 0.3) is 11.8 Å². The van der Waals surface area contributed by atoms with Crippen LogP contribution in [0.25, 0.3) is 5.69 Å². The number of fused-ring (bicyclic) bond motifs is 1. The molecule has 0 radical (unpaired) electrons. The first kappa shape index (κ1) is 31.5. The number of amides is 3. The van der Waals surface area contributed by atoms with Crippen molar-refractivity contribution in [3.8, 4) is 11.8 Å². The van der Waals surface area contributed by atoms with E-state index >= 15 is 0 Å². The Balaban J connectivity index is 1.55. The summed E-state index contributed by atoms with van der Waals surface area (Å²) < 4.78 is 56.2. The monoisotopic (exact) mass is 644 g/mol. The number of carbonyl (C=O) groups excluding carboxylic acids is 3. The summed E-state index contributed by atoms with van der Waals surface area (Å²) in [6.07, 6.45) is -4.18. The first-order valence-corrected chi connectivity index (χ1v) is 14.9. The molecule has 3 heterocycles. The van der Waals surface area contributed by atoms with Crippen molar-refractivity contribution in [1.82, 2.24) is 20.0 Å². The lowest BCUT2D eigenvalue weighted by atomic mass is 9.80. The number of nitrogens with zero attached hydrogens (tertiary/aromatic N) is 5. The van der Waals surface area contributed by atoms with Crippen molar-refractivity contribution in [2.45, 2.75) is 50.5 Å². The number of para-hydroxylation sites is 1. The Morgan fingerprint density at radius 3 is 2.43 bits per heavy atom. The summed E-state index contributed by atoms with van der Waals surface area (Å²) >= 11 is 0. The van der Waals surface area contributed by atoms with E-state index in [4.69, 9.17) is 5.10 Å². The average molecular weight is 645 g/mol. The number of rotatable bonds is 7. The van der Waals surface area contributed by atoms with Crippen LogP contribution in [0.4, 0.5) is 23.4 Å². The molecular formula is C34H28F4N6O3. The quantitative estimate of drug-likeness (QED) is 0.273. The third kappa shape index (κ3) is 5.82. The summed E-state index contributed by atoms with van der Waals surface area (Å²) in [6.45, 7) is 1.76. The highest BCUT2D eigenvalue weighted by atomic mass is 19.4. The largest absolute Gasteiger partial charge is 0.416 e. The number of likely N-dealkylation sites (tertiary alicyclic amines) is 1. The number of nitriles is 1. The second-order valence-corrected chi connectivity index (χ2v) is 11.3. The number of aromatic nitrogens is 2. The molecule has 3 amide bonds. The minimum absolute atomic E-state index is 0.0863. The predicted octanol–water partition coefficient (Wildman–Crippen LogP) is 5.34. The molecule has 0 bridgehead atoms. The molecule has 2 aliphatic rings. The topological polar surface area (TPSA) is 111 Å². The maximum atomic E-state index is 14.4. The Morgan fingerprint density at radius 1 is 1.04 bits per heavy atom. The molecule has 47 heavy (non-hydrogen) atoms. The van der Waals surface area contributed by atoms with Gasteiger partial charge >= 0.3 is 6.18 Å². The van der Waals surface area contributed by atoms with Crippen LogP contribution in [0.2, 0.25) is 0 Å². The van der Waals surface area contributed by atoms with E-state index in [1.807, 2.05) is 6.07 Å². The number of benzene rings is 3. The predicted molar refractivity (Wildman–Crippen MR) is 162 cm³/mol. The molecule has 6 rings (SSSR count). The van der Waals surface area contributed by atoms with Gasteiger partial charge < -0.3 is 10.2 Å². The van der Waals surface area contributed by atoms with E-state index in [1.165, 1.54) is 40.1 Å². The lowest BCUT2D eigenvalue weighted by Crippen LogP contribution is -2.55. The summed E-state index contributed by atoms with van der Waals surface area (Å²) in [4.78, 5) is 43.7. The maximum absolute atomic E-state index is 14.4. The Bertz CT molecular complexity index is 1880. The van der Waals surface area contributed by atoms with Gasteiger partial charge in [0.1, 0.15) is 23.7 Å². The maximum Gasteiger partial charge on any atom is 0.416 e. The van der Waals surface area contributed by atoms with Gasteiger partial charge in [-0.15, -0.1) is 0 Å². The van der Waals surface area contributed by atoms with Crippen LogP contribution in [0.5, 0.6) is 0 Å². The van der Waals surface area contributed by atoms with E-state index in [9.17, 15) is 37.2 Å². The van der Waals surface area contributed by atoms with Gasteiger partial charge in [-0.2, -0.15) is 23.5 Å². The zero-order valence-corrected chi connectivity index (χ0v) is 25.0. The van der Waals surface area contributed by atoms with E-state index < -0.39 is 47.4 Å². The fourth-order valence-corrected chi connectivity index (χ4v) is 6.26. The summed E-state index contributed by atoms with van der Waals surface area (Å²) in [5, 5.41) is 17.3. The standard InChI is InChI=1S/C34H28F4N6O3/c1-2-42-32-29(26(19-43-25(18-39)15-16-27(43)45)41-44(32)24-9-4-3-5-10-24)28(20-11-13-23(35)14-12-20)30(33(42)47)40-31(46)21-7-6-8-22(17-21)34(36,37)38/h3-14,17,25,28,30H,2,15-16,19H2,1H3,(H,40,46)/t25-,28-,30+/m0/s1. The molecule has 13 heteroatoms. The number of carbonyl (C=O) groups is 3. The van der Waals surface area contributed by atoms with Crippen molar-refractivity contribution in [3.63, 3.8) is 0 Å². The second kappa shape index (κ2) is 12.4. The first-order valence-electron chi connectivity index (χ1n) is 14.9. The van der Waals surface area contributed by atoms with Crippen molar-refractivity contribution in [1.29, 1.82) is 5.26 Å². The van der Waals surface area contributed by atoms with Gasteiger partial charge in [0.2, 0.25) is 5.91 Å². The van der Waals surface area contributed by atoms with Gasteiger partial charge in [0.15, 0.2) is 0 Å². The van der Waals surface area contributed by atoms with Gasteiger partial charge in [-0.25, -0.2) is 9.07 Å². The molecule has 0 saturated carbocycles. The fraction of sp³-hybridized carbons (Fsp3) is 0.265. The molecule has 4 aromatic rings. The summed E-state index contributed by atoms with van der Waals surface area (Å²) in [5.41, 5.74) is 0.478. The van der Waals surface area contributed by atoms with Crippen molar-refractivity contribution in [2.75, 3.05) is 11.4 Å². The van der Waals surface area contributed by atoms with E-state index in [0.29, 0.717) is 40.8 Å². The number of alkyl halides is 3. The molecule has 3 aromatic carbocycles. The molecule has 0 unspecified atom stereocenters. The molecule has 0 aliphatic carbocycles. The van der Waals surface area contributed by atoms with E-state index in [2.05, 4.69) is 11.4 Å². The summed E-state index contributed by atoms with van der Waals surface area (Å²) in [5.74, 6) is -2.91. The summed E-state index contributed by atoms with van der Waals surface area (Å²) in [7, 11) is 0. The Kier molecular flexibility index (Phi) is 8.27. The highest BCUT2D eigenvalue weighted by Crippen LogP contribution is 2.44. The van der Waals surface area contributed by atoms with Crippen molar-refractivity contribution in [3.05, 3.63) is 113 Å². The molecule has 1 N–H and O–H groups in total. The van der Waals surface area contributed by atoms with Crippen molar-refractivity contribution < 1.29 is 31.9 Å². The number of halogens is 4. The molecule has 1 aromatic heterocycles. The minimum Gasteiger partial charge on any atom is -0.339 e. The van der Waals surface area contributed by atoms with Gasteiger partial charge in [-0.1, -0.05) is 36.4 Å². The Morgan fingerprint density at radius 2 is 1.77 bits per heavy atom. The number of hydrogen-bond donors (Lipinski definition) is 1. The van der Waals surface area contributed by atoms with Gasteiger partial charge in [-0.05, 0) is 61.4 Å². The molecule has 3 atom stereocenters. The van der Waals surface area contributed by atoms with Gasteiger partial charge in [0, 0.05) is 30.0 Å². The van der Waals surface area contributed by atoms with Crippen LogP contribution in [0, 0.1) is 17.1 Å². The molecule has 9 nitrogen and oxygen atoms in total. The van der Waals surface area contributed by atoms with Crippen LogP contribution < -0.4 is 10.2 Å². The fourth-order valence-electron chi connectivity index (χ4n) is 6.26. The van der Waals surface area contributed by atoms with Gasteiger partial charge in [-0.3, -0.25) is 19.3 Å². The Hall–Kier alpha value is -5.51. The molecule has 0 spiro atoms. The zero-order valence-electron chi connectivity index (χ0n) is 25.0. The lowest BCUT2D eigenvalue weighted by Gasteiger charge is -2.38. The van der Waals surface area contributed by atoms with Crippen LogP contribution in [0.15, 0.2) is 78.9 Å². The molecular weight excluding hydrogens is 616 g/mol. The molecule has 240 valence electrons. The highest BCUT2D eigenvalue weighted by Gasteiger charge is 2.47. The van der Waals surface area contributed by atoms with Crippen LogP contribution in [-0.4, -0.2) is 51.0 Å². The second-order valence-electron chi connectivity index (χ2n) is 11.3. The van der Waals surface area contributed by atoms with Crippen molar-refractivity contribution >= 4 is 23.5 Å². The van der Waals surface area contributed by atoms with E-state index in [0.717, 1.165) is 12.1 Å². The average Bonchev–Trinajstić information content (AvgIpc) is 3.61. The third-order valence-corrected chi connectivity index (χ3v) is 8.49. The SMILES string of the molecule is CCN1C(=O)[C@H](NC(=O)c2cccc(C(F)(F)F)c2)[C@@H](c2ccc(F)cc2)c2c(CN3C(=O)CC[C@H]3C#N)nn(-c3ccccc3)c21. The molecule has 1 fully saturated rings. The number of likely N-dealkylation sites (N-methyl/N-ethyl adjacent to an activating group) is 1. The lowest BCUT2D eigenvalue weighted by molar-refractivity contribution is -0.137. The normalized spacial score (nSPS) is 19.4. The first-order chi connectivity index (χ1) is 22.5. The number of anilines is 1. The number of nitrogens with one attached hydrogen (secondary N) is 1. The highest BCUT2D eigenvalue weighted by molar-refractivity contribution is 6.05. The number of hydrogen-bond acceptors (Lipinski definition) is 5. The minimum atomic E-state index is -4.70. The van der Waals surface area contributed by atoms with Crippen molar-refractivity contribution in [2.24, 2.45) is 0 Å². The van der Waals surface area contributed by atoms with Crippen LogP contribution in [-0.2, 0) is 22.3 Å². The zero-order chi connectivity index (χ0) is 33.5. The molecule has 2 aliphatic heterocycles.